The topological polar surface area (TPSA) is 152 Å². The average Bonchev–Trinajstić information content (AvgIpc) is 3.18. The van der Waals surface area contributed by atoms with E-state index in [-0.39, 0.29) is 32.0 Å². The molecule has 1 saturated heterocycles. The van der Waals surface area contributed by atoms with Crippen LogP contribution in [0.2, 0.25) is 0 Å². The van der Waals surface area contributed by atoms with Crippen LogP contribution >= 0.6 is 0 Å². The van der Waals surface area contributed by atoms with Gasteiger partial charge in [0.05, 0.1) is 13.2 Å². The number of allylic oxidation sites excluding steroid dienone is 4. The largest absolute Gasteiger partial charge is 0.462 e. The van der Waals surface area contributed by atoms with E-state index in [1.54, 1.807) is 0 Å². The van der Waals surface area contributed by atoms with Crippen LogP contribution in [0.5, 0.6) is 0 Å². The highest BCUT2D eigenvalue weighted by Crippen LogP contribution is 2.22. The van der Waals surface area contributed by atoms with E-state index < -0.39 is 49.4 Å². The highest BCUT2D eigenvalue weighted by atomic mass is 16.7. The van der Waals surface area contributed by atoms with Crippen molar-refractivity contribution in [3.8, 4) is 0 Å². The summed E-state index contributed by atoms with van der Waals surface area (Å²) in [6.07, 6.45) is 31.8. The number of carbonyl (C=O) groups is 2. The number of rotatable bonds is 37. The van der Waals surface area contributed by atoms with E-state index in [4.69, 9.17) is 18.9 Å². The maximum absolute atomic E-state index is 12.7. The molecule has 6 atom stereocenters. The Bertz CT molecular complexity index is 954. The van der Waals surface area contributed by atoms with E-state index in [1.807, 2.05) is 0 Å². The van der Waals surface area contributed by atoms with Crippen molar-refractivity contribution in [1.29, 1.82) is 0 Å². The first-order valence-corrected chi connectivity index (χ1v) is 22.4. The van der Waals surface area contributed by atoms with Crippen LogP contribution < -0.4 is 0 Å². The first-order chi connectivity index (χ1) is 26.8. The molecule has 322 valence electrons. The van der Waals surface area contributed by atoms with Crippen LogP contribution in [-0.4, -0.2) is 89.0 Å². The van der Waals surface area contributed by atoms with Gasteiger partial charge in [0.1, 0.15) is 31.0 Å². The predicted octanol–water partition coefficient (Wildman–Crippen LogP) is 9.33. The molecule has 1 rings (SSSR count). The van der Waals surface area contributed by atoms with Crippen LogP contribution in [-0.2, 0) is 28.5 Å². The number of hydrogen-bond donors (Lipinski definition) is 4. The van der Waals surface area contributed by atoms with Crippen LogP contribution in [0.4, 0.5) is 0 Å². The molecule has 0 bridgehead atoms. The summed E-state index contributed by atoms with van der Waals surface area (Å²) in [4.78, 5) is 25.3. The first-order valence-electron chi connectivity index (χ1n) is 22.4. The number of hydrogen-bond acceptors (Lipinski definition) is 10. The molecule has 0 aromatic carbocycles. The number of aliphatic hydroxyl groups excluding tert-OH is 4. The molecule has 0 spiro atoms. The van der Waals surface area contributed by atoms with Gasteiger partial charge in [-0.15, -0.1) is 0 Å². The third kappa shape index (κ3) is 28.3. The molecule has 0 aliphatic carbocycles. The zero-order chi connectivity index (χ0) is 40.2. The van der Waals surface area contributed by atoms with Crippen molar-refractivity contribution in [3.63, 3.8) is 0 Å². The summed E-state index contributed by atoms with van der Waals surface area (Å²) < 4.78 is 22.1. The van der Waals surface area contributed by atoms with Crippen molar-refractivity contribution < 1.29 is 49.0 Å². The van der Waals surface area contributed by atoms with Crippen LogP contribution in [0.15, 0.2) is 24.3 Å². The molecule has 0 saturated carbocycles. The Hall–Kier alpha value is -1.82. The van der Waals surface area contributed by atoms with Gasteiger partial charge in [0.2, 0.25) is 0 Å². The molecule has 0 radical (unpaired) electrons. The Morgan fingerprint density at radius 3 is 1.42 bits per heavy atom. The first kappa shape index (κ1) is 51.2. The van der Waals surface area contributed by atoms with E-state index >= 15 is 0 Å². The minimum absolute atomic E-state index is 0.219. The van der Waals surface area contributed by atoms with Gasteiger partial charge in [-0.2, -0.15) is 0 Å². The van der Waals surface area contributed by atoms with Gasteiger partial charge in [0.25, 0.3) is 0 Å². The Morgan fingerprint density at radius 1 is 0.545 bits per heavy atom. The minimum atomic E-state index is -1.59. The fourth-order valence-corrected chi connectivity index (χ4v) is 6.71. The van der Waals surface area contributed by atoms with Gasteiger partial charge >= 0.3 is 11.9 Å². The summed E-state index contributed by atoms with van der Waals surface area (Å²) in [5, 5.41) is 40.0. The van der Waals surface area contributed by atoms with Gasteiger partial charge in [-0.05, 0) is 64.2 Å². The third-order valence-corrected chi connectivity index (χ3v) is 10.3. The minimum Gasteiger partial charge on any atom is -0.462 e. The number of unbranched alkanes of at least 4 members (excludes halogenated alkanes) is 22. The van der Waals surface area contributed by atoms with E-state index in [1.165, 1.54) is 96.3 Å². The summed E-state index contributed by atoms with van der Waals surface area (Å²) in [5.41, 5.74) is 0. The van der Waals surface area contributed by atoms with Gasteiger partial charge < -0.3 is 39.4 Å². The van der Waals surface area contributed by atoms with E-state index in [2.05, 4.69) is 38.2 Å². The molecular formula is C45H82O10. The molecule has 1 heterocycles. The Kier molecular flexibility index (Phi) is 34.0. The number of ether oxygens (including phenoxy) is 4. The number of aliphatic hydroxyl groups is 4. The van der Waals surface area contributed by atoms with Gasteiger partial charge in [0.15, 0.2) is 12.4 Å². The Morgan fingerprint density at radius 2 is 0.964 bits per heavy atom. The molecular weight excluding hydrogens is 700 g/mol. The van der Waals surface area contributed by atoms with E-state index in [9.17, 15) is 30.0 Å². The SMILES string of the molecule is CCCCCC/C=C/CCCCCCCCCCCC(=O)OC[C@@H](CO[C@H]1O[C@@H](CO)[C@@H](O)C(O)C1O)OC(=O)CCCCCCC/C=C/CCCCCC. The lowest BCUT2D eigenvalue weighted by Gasteiger charge is -2.39. The van der Waals surface area contributed by atoms with Crippen molar-refractivity contribution in [2.24, 2.45) is 0 Å². The molecule has 1 aliphatic rings. The lowest BCUT2D eigenvalue weighted by Crippen LogP contribution is -2.59. The van der Waals surface area contributed by atoms with Crippen LogP contribution in [0.1, 0.15) is 194 Å². The van der Waals surface area contributed by atoms with Crippen molar-refractivity contribution in [1.82, 2.24) is 0 Å². The molecule has 4 N–H and O–H groups in total. The smallest absolute Gasteiger partial charge is 0.306 e. The summed E-state index contributed by atoms with van der Waals surface area (Å²) in [5.74, 6) is -0.815. The molecule has 1 aliphatic heterocycles. The Balaban J connectivity index is 2.32. The Labute approximate surface area is 334 Å². The van der Waals surface area contributed by atoms with Crippen LogP contribution in [0, 0.1) is 0 Å². The third-order valence-electron chi connectivity index (χ3n) is 10.3. The van der Waals surface area contributed by atoms with Crippen molar-refractivity contribution in [2.45, 2.75) is 230 Å². The lowest BCUT2D eigenvalue weighted by molar-refractivity contribution is -0.305. The molecule has 0 aromatic heterocycles. The molecule has 0 amide bonds. The summed E-state index contributed by atoms with van der Waals surface area (Å²) >= 11 is 0. The fraction of sp³-hybridized carbons (Fsp3) is 0.867. The van der Waals surface area contributed by atoms with Crippen LogP contribution in [0.3, 0.4) is 0 Å². The second-order valence-corrected chi connectivity index (χ2v) is 15.5. The molecule has 55 heavy (non-hydrogen) atoms. The second-order valence-electron chi connectivity index (χ2n) is 15.5. The van der Waals surface area contributed by atoms with Crippen molar-refractivity contribution >= 4 is 11.9 Å². The van der Waals surface area contributed by atoms with E-state index in [0.29, 0.717) is 6.42 Å². The van der Waals surface area contributed by atoms with E-state index in [0.717, 1.165) is 64.2 Å². The lowest BCUT2D eigenvalue weighted by atomic mass is 9.99. The maximum atomic E-state index is 12.7. The molecule has 0 aromatic rings. The highest BCUT2D eigenvalue weighted by molar-refractivity contribution is 5.70. The summed E-state index contributed by atoms with van der Waals surface area (Å²) in [6, 6.07) is 0. The highest BCUT2D eigenvalue weighted by Gasteiger charge is 2.44. The summed E-state index contributed by atoms with van der Waals surface area (Å²) in [6.45, 7) is 3.39. The quantitative estimate of drug-likeness (QED) is 0.0273. The van der Waals surface area contributed by atoms with Gasteiger partial charge in [-0.1, -0.05) is 141 Å². The second kappa shape index (κ2) is 36.5. The molecule has 10 heteroatoms. The summed E-state index contributed by atoms with van der Waals surface area (Å²) in [7, 11) is 0. The zero-order valence-electron chi connectivity index (χ0n) is 34.9. The van der Waals surface area contributed by atoms with Crippen LogP contribution in [0.25, 0.3) is 0 Å². The zero-order valence-corrected chi connectivity index (χ0v) is 34.9. The average molecular weight is 783 g/mol. The molecule has 10 nitrogen and oxygen atoms in total. The maximum Gasteiger partial charge on any atom is 0.306 e. The standard InChI is InChI=1S/C45H82O10/c1-3-5-7-9-11-13-15-17-18-19-20-22-23-25-27-29-31-33-40(47)52-36-38(37-53-45-44(51)43(50)42(49)39(35-46)55-45)54-41(48)34-32-30-28-26-24-21-16-14-12-10-8-6-4-2/h13-16,38-39,42-46,49-51H,3-12,17-37H2,1-2H3/b15-13+,16-14+/t38-,39-,42+,43?,44?,45-/m0/s1. The monoisotopic (exact) mass is 783 g/mol. The predicted molar refractivity (Wildman–Crippen MR) is 219 cm³/mol. The normalized spacial score (nSPS) is 20.7. The van der Waals surface area contributed by atoms with Gasteiger partial charge in [-0.25, -0.2) is 0 Å². The van der Waals surface area contributed by atoms with Crippen molar-refractivity contribution in [3.05, 3.63) is 24.3 Å². The fourth-order valence-electron chi connectivity index (χ4n) is 6.71. The number of carbonyl (C=O) groups excluding carboxylic acids is 2. The van der Waals surface area contributed by atoms with Gasteiger partial charge in [-0.3, -0.25) is 9.59 Å². The molecule has 1 fully saturated rings. The molecule has 2 unspecified atom stereocenters. The van der Waals surface area contributed by atoms with Gasteiger partial charge in [0, 0.05) is 12.8 Å². The number of esters is 2. The van der Waals surface area contributed by atoms with Crippen molar-refractivity contribution in [2.75, 3.05) is 19.8 Å².